The molecule has 3 rings (SSSR count). The van der Waals surface area contributed by atoms with Crippen molar-refractivity contribution in [2.45, 2.75) is 6.92 Å². The van der Waals surface area contributed by atoms with E-state index < -0.39 is 0 Å². The van der Waals surface area contributed by atoms with Gasteiger partial charge in [0.05, 0.1) is 19.8 Å². The number of hydrogen-bond acceptors (Lipinski definition) is 7. The number of nitrogens with zero attached hydrogens (tertiary/aromatic N) is 3. The number of hydrogen-bond donors (Lipinski definition) is 2. The van der Waals surface area contributed by atoms with E-state index in [2.05, 4.69) is 16.0 Å². The Morgan fingerprint density at radius 3 is 2.83 bits per heavy atom. The minimum Gasteiger partial charge on any atom is -0.463 e. The molecule has 1 aliphatic rings. The van der Waals surface area contributed by atoms with Gasteiger partial charge in [-0.05, 0) is 6.92 Å². The molecule has 0 aliphatic carbocycles. The maximum Gasteiger partial charge on any atom is 0.284 e. The van der Waals surface area contributed by atoms with Gasteiger partial charge in [-0.3, -0.25) is 5.73 Å². The van der Waals surface area contributed by atoms with Crippen LogP contribution in [0.3, 0.4) is 0 Å². The van der Waals surface area contributed by atoms with Gasteiger partial charge in [0.1, 0.15) is 28.7 Å². The lowest BCUT2D eigenvalue weighted by atomic mass is 10.1. The number of pyridine rings is 2. The molecular weight excluding hydrogens is 296 g/mol. The molecule has 2 aromatic rings. The van der Waals surface area contributed by atoms with Crippen molar-refractivity contribution in [1.82, 2.24) is 4.98 Å². The first-order chi connectivity index (χ1) is 11.2. The van der Waals surface area contributed by atoms with Crippen LogP contribution in [0, 0.1) is 11.3 Å². The van der Waals surface area contributed by atoms with Gasteiger partial charge in [0.15, 0.2) is 0 Å². The highest BCUT2D eigenvalue weighted by atomic mass is 16.5. The molecule has 1 saturated heterocycles. The molecule has 1 aliphatic heterocycles. The number of morpholine rings is 1. The molecule has 0 aromatic carbocycles. The maximum absolute atomic E-state index is 9.67. The summed E-state index contributed by atoms with van der Waals surface area (Å²) < 4.78 is 10.8. The molecule has 0 bridgehead atoms. The zero-order chi connectivity index (χ0) is 16.4. The average Bonchev–Trinajstić information content (AvgIpc) is 2.55. The van der Waals surface area contributed by atoms with E-state index >= 15 is 0 Å². The Labute approximate surface area is 133 Å². The Morgan fingerprint density at radius 2 is 2.17 bits per heavy atom. The maximum atomic E-state index is 9.67. The third-order valence-corrected chi connectivity index (χ3v) is 3.77. The van der Waals surface area contributed by atoms with E-state index in [-0.39, 0.29) is 5.82 Å². The van der Waals surface area contributed by atoms with Crippen molar-refractivity contribution in [2.75, 3.05) is 49.3 Å². The Kier molecular flexibility index (Phi) is 4.04. The van der Waals surface area contributed by atoms with Gasteiger partial charge >= 0.3 is 0 Å². The number of nitrogens with one attached hydrogen (secondary N) is 1. The van der Waals surface area contributed by atoms with Gasteiger partial charge in [0, 0.05) is 24.5 Å². The van der Waals surface area contributed by atoms with Gasteiger partial charge in [-0.25, -0.2) is 9.97 Å². The molecule has 1 fully saturated rings. The molecule has 0 unspecified atom stereocenters. The van der Waals surface area contributed by atoms with Crippen LogP contribution in [0.4, 0.5) is 17.5 Å². The number of nitrogens with two attached hydrogens (primary N) is 2. The lowest BCUT2D eigenvalue weighted by molar-refractivity contribution is -0.375. The van der Waals surface area contributed by atoms with Crippen LogP contribution in [-0.4, -0.2) is 37.9 Å². The van der Waals surface area contributed by atoms with Gasteiger partial charge < -0.3 is 20.1 Å². The Balaban J connectivity index is 2.24. The van der Waals surface area contributed by atoms with Crippen LogP contribution in [0.2, 0.25) is 0 Å². The predicted molar refractivity (Wildman–Crippen MR) is 86.0 cm³/mol. The van der Waals surface area contributed by atoms with Gasteiger partial charge in [-0.15, -0.1) is 0 Å². The van der Waals surface area contributed by atoms with Gasteiger partial charge in [0.25, 0.3) is 11.7 Å². The molecule has 8 heteroatoms. The molecule has 0 atom stereocenters. The Bertz CT molecular complexity index is 780. The minimum absolute atomic E-state index is 0.289. The first-order valence-electron chi connectivity index (χ1n) is 7.46. The second-order valence-electron chi connectivity index (χ2n) is 5.18. The second kappa shape index (κ2) is 6.14. The van der Waals surface area contributed by atoms with Crippen molar-refractivity contribution >= 4 is 28.2 Å². The summed E-state index contributed by atoms with van der Waals surface area (Å²) in [6, 6.07) is 3.98. The van der Waals surface area contributed by atoms with E-state index in [0.717, 1.165) is 0 Å². The van der Waals surface area contributed by atoms with Gasteiger partial charge in [-0.1, -0.05) is 0 Å². The smallest absolute Gasteiger partial charge is 0.284 e. The highest BCUT2D eigenvalue weighted by molar-refractivity contribution is 6.03. The van der Waals surface area contributed by atoms with E-state index in [1.807, 2.05) is 11.8 Å². The summed E-state index contributed by atoms with van der Waals surface area (Å²) in [7, 11) is 0. The third-order valence-electron chi connectivity index (χ3n) is 3.77. The molecule has 3 heterocycles. The van der Waals surface area contributed by atoms with Crippen LogP contribution in [0.15, 0.2) is 6.07 Å². The van der Waals surface area contributed by atoms with Crippen molar-refractivity contribution in [3.8, 4) is 11.9 Å². The minimum atomic E-state index is 0.289. The number of ether oxygens (including phenoxy) is 2. The molecule has 120 valence electrons. The van der Waals surface area contributed by atoms with Gasteiger partial charge in [-0.2, -0.15) is 5.26 Å². The molecule has 0 spiro atoms. The monoisotopic (exact) mass is 315 g/mol. The first-order valence-corrected chi connectivity index (χ1v) is 7.46. The summed E-state index contributed by atoms with van der Waals surface area (Å²) in [6.07, 6.45) is 0. The lowest BCUT2D eigenvalue weighted by Crippen LogP contribution is -2.37. The standard InChI is InChI=1S/C15H18N6O2/c1-2-23-11-7-9-10(8-16)15(21-3-5-22-6-4-21)20-14(18)12(9)13(17)19-11/h7H,2-6H2,1H3,(H2,17,19)(H2,18,20)/p+1. The summed E-state index contributed by atoms with van der Waals surface area (Å²) in [5, 5.41) is 10.9. The van der Waals surface area contributed by atoms with E-state index in [0.29, 0.717) is 66.8 Å². The van der Waals surface area contributed by atoms with Crippen molar-refractivity contribution in [1.29, 1.82) is 5.26 Å². The topological polar surface area (TPSA) is 125 Å². The summed E-state index contributed by atoms with van der Waals surface area (Å²) >= 11 is 0. The van der Waals surface area contributed by atoms with Crippen LogP contribution >= 0.6 is 0 Å². The Morgan fingerprint density at radius 1 is 1.43 bits per heavy atom. The molecule has 0 saturated carbocycles. The highest BCUT2D eigenvalue weighted by Crippen LogP contribution is 2.33. The summed E-state index contributed by atoms with van der Waals surface area (Å²) in [6.45, 7) is 4.89. The van der Waals surface area contributed by atoms with Crippen LogP contribution in [-0.2, 0) is 4.74 Å². The zero-order valence-electron chi connectivity index (χ0n) is 12.9. The van der Waals surface area contributed by atoms with E-state index in [4.69, 9.17) is 20.9 Å². The molecule has 8 nitrogen and oxygen atoms in total. The molecule has 0 radical (unpaired) electrons. The van der Waals surface area contributed by atoms with Crippen molar-refractivity contribution < 1.29 is 14.5 Å². The number of aromatic amines is 1. The predicted octanol–water partition coefficient (Wildman–Crippen LogP) is 0.320. The number of anilines is 3. The fraction of sp³-hybridized carbons (Fsp3) is 0.400. The molecule has 5 N–H and O–H groups in total. The van der Waals surface area contributed by atoms with Crippen LogP contribution in [0.5, 0.6) is 5.88 Å². The van der Waals surface area contributed by atoms with Crippen LogP contribution in [0.25, 0.3) is 10.8 Å². The largest absolute Gasteiger partial charge is 0.463 e. The second-order valence-corrected chi connectivity index (χ2v) is 5.18. The number of rotatable bonds is 3. The number of aromatic nitrogens is 2. The van der Waals surface area contributed by atoms with Crippen LogP contribution in [0.1, 0.15) is 12.5 Å². The molecule has 23 heavy (non-hydrogen) atoms. The number of fused-ring (bicyclic) bond motifs is 1. The first kappa shape index (κ1) is 15.1. The van der Waals surface area contributed by atoms with E-state index in [9.17, 15) is 5.26 Å². The summed E-state index contributed by atoms with van der Waals surface area (Å²) in [4.78, 5) is 9.36. The fourth-order valence-electron chi connectivity index (χ4n) is 2.75. The molecule has 0 amide bonds. The third kappa shape index (κ3) is 2.66. The average molecular weight is 315 g/mol. The molecule has 2 aromatic heterocycles. The summed E-state index contributed by atoms with van der Waals surface area (Å²) in [5.74, 6) is 1.68. The quantitative estimate of drug-likeness (QED) is 0.835. The fourth-order valence-corrected chi connectivity index (χ4v) is 2.75. The van der Waals surface area contributed by atoms with E-state index in [1.54, 1.807) is 6.07 Å². The Hall–Kier alpha value is -2.79. The normalized spacial score (nSPS) is 14.7. The number of H-pyrrole nitrogens is 1. The number of nitriles is 1. The van der Waals surface area contributed by atoms with Crippen molar-refractivity contribution in [2.24, 2.45) is 0 Å². The summed E-state index contributed by atoms with van der Waals surface area (Å²) in [5.41, 5.74) is 12.6. The lowest BCUT2D eigenvalue weighted by Gasteiger charge is -2.29. The van der Waals surface area contributed by atoms with Crippen LogP contribution < -0.4 is 26.1 Å². The number of nitrogen functional groups attached to an aromatic ring is 2. The van der Waals surface area contributed by atoms with E-state index in [1.165, 1.54) is 0 Å². The SMILES string of the molecule is CCOc1cc2c(C#N)c(N3CCOCC3)nc(N)c2c(N)[nH+]1. The molecular formula is C15H19N6O2+. The zero-order valence-corrected chi connectivity index (χ0v) is 12.9. The van der Waals surface area contributed by atoms with Crippen molar-refractivity contribution in [3.63, 3.8) is 0 Å². The van der Waals surface area contributed by atoms with Crippen molar-refractivity contribution in [3.05, 3.63) is 11.6 Å². The highest BCUT2D eigenvalue weighted by Gasteiger charge is 2.23. The van der Waals surface area contributed by atoms with Gasteiger partial charge in [0.2, 0.25) is 0 Å².